The van der Waals surface area contributed by atoms with Gasteiger partial charge in [-0.25, -0.2) is 0 Å². The van der Waals surface area contributed by atoms with E-state index >= 15 is 0 Å². The van der Waals surface area contributed by atoms with E-state index in [0.717, 1.165) is 11.3 Å². The molecule has 64 valence electrons. The van der Waals surface area contributed by atoms with Crippen LogP contribution in [0.25, 0.3) is 0 Å². The summed E-state index contributed by atoms with van der Waals surface area (Å²) < 4.78 is 1.78. The first-order valence-electron chi connectivity index (χ1n) is 4.00. The molecule has 0 saturated carbocycles. The molecular formula is C8H11N3O. The maximum atomic E-state index is 11.3. The Morgan fingerprint density at radius 2 is 2.50 bits per heavy atom. The number of hydrogen-bond acceptors (Lipinski definition) is 2. The molecule has 1 atom stereocenters. The second-order valence-corrected chi connectivity index (χ2v) is 3.18. The molecule has 0 spiro atoms. The fraction of sp³-hybridized carbons (Fsp3) is 0.500. The number of fused-ring (bicyclic) bond motifs is 1. The topological polar surface area (TPSA) is 46.9 Å². The standard InChI is InChI=1S/C8H11N3O/c1-5-3-9-8(12)6-4-10-11(2)7(5)6/h4-5H,3H2,1-2H3,(H,9,12). The quantitative estimate of drug-likeness (QED) is 0.599. The molecule has 4 nitrogen and oxygen atoms in total. The lowest BCUT2D eigenvalue weighted by atomic mass is 9.99. The number of hydrogen-bond donors (Lipinski definition) is 1. The Bertz CT molecular complexity index is 329. The largest absolute Gasteiger partial charge is 0.351 e. The van der Waals surface area contributed by atoms with E-state index in [1.54, 1.807) is 10.9 Å². The summed E-state index contributed by atoms with van der Waals surface area (Å²) in [6.07, 6.45) is 1.63. The Balaban J connectivity index is 2.57. The van der Waals surface area contributed by atoms with Crippen LogP contribution in [0.1, 0.15) is 28.9 Å². The Morgan fingerprint density at radius 1 is 1.75 bits per heavy atom. The molecule has 0 aliphatic carbocycles. The fourth-order valence-corrected chi connectivity index (χ4v) is 1.64. The molecule has 1 aliphatic heterocycles. The lowest BCUT2D eigenvalue weighted by molar-refractivity contribution is 0.0940. The van der Waals surface area contributed by atoms with Gasteiger partial charge in [0, 0.05) is 19.5 Å². The molecule has 4 heteroatoms. The smallest absolute Gasteiger partial charge is 0.254 e. The molecule has 1 aromatic heterocycles. The highest BCUT2D eigenvalue weighted by atomic mass is 16.1. The second-order valence-electron chi connectivity index (χ2n) is 3.18. The van der Waals surface area contributed by atoms with Crippen LogP contribution in [0.2, 0.25) is 0 Å². The van der Waals surface area contributed by atoms with Gasteiger partial charge in [-0.15, -0.1) is 0 Å². The maximum Gasteiger partial charge on any atom is 0.254 e. The van der Waals surface area contributed by atoms with Gasteiger partial charge in [0.1, 0.15) is 0 Å². The maximum absolute atomic E-state index is 11.3. The van der Waals surface area contributed by atoms with Crippen LogP contribution in [0.4, 0.5) is 0 Å². The highest BCUT2D eigenvalue weighted by Crippen LogP contribution is 2.21. The zero-order valence-electron chi connectivity index (χ0n) is 7.16. The second kappa shape index (κ2) is 2.33. The van der Waals surface area contributed by atoms with Crippen molar-refractivity contribution in [1.82, 2.24) is 15.1 Å². The molecular weight excluding hydrogens is 154 g/mol. The number of carbonyl (C=O) groups is 1. The average molecular weight is 165 g/mol. The summed E-state index contributed by atoms with van der Waals surface area (Å²) in [5.74, 6) is 0.362. The van der Waals surface area contributed by atoms with Gasteiger partial charge in [-0.3, -0.25) is 9.48 Å². The molecule has 2 heterocycles. The number of carbonyl (C=O) groups excluding carboxylic acids is 1. The van der Waals surface area contributed by atoms with E-state index < -0.39 is 0 Å². The summed E-state index contributed by atoms with van der Waals surface area (Å²) in [5.41, 5.74) is 1.76. The van der Waals surface area contributed by atoms with Crippen molar-refractivity contribution < 1.29 is 4.79 Å². The van der Waals surface area contributed by atoms with Gasteiger partial charge < -0.3 is 5.32 Å². The summed E-state index contributed by atoms with van der Waals surface area (Å²) in [6.45, 7) is 2.80. The van der Waals surface area contributed by atoms with Gasteiger partial charge in [0.2, 0.25) is 0 Å². The number of nitrogens with zero attached hydrogens (tertiary/aromatic N) is 2. The first kappa shape index (κ1) is 7.34. The van der Waals surface area contributed by atoms with Crippen molar-refractivity contribution in [2.45, 2.75) is 12.8 Å². The van der Waals surface area contributed by atoms with Crippen LogP contribution in [-0.2, 0) is 7.05 Å². The van der Waals surface area contributed by atoms with E-state index in [1.807, 2.05) is 7.05 Å². The summed E-state index contributed by atoms with van der Waals surface area (Å²) >= 11 is 0. The lowest BCUT2D eigenvalue weighted by Gasteiger charge is -2.19. The first-order chi connectivity index (χ1) is 5.70. The molecule has 1 aromatic rings. The minimum absolute atomic E-state index is 0.00352. The van der Waals surface area contributed by atoms with Gasteiger partial charge in [-0.1, -0.05) is 6.92 Å². The fourth-order valence-electron chi connectivity index (χ4n) is 1.64. The van der Waals surface area contributed by atoms with Crippen molar-refractivity contribution >= 4 is 5.91 Å². The van der Waals surface area contributed by atoms with E-state index in [1.165, 1.54) is 0 Å². The third-order valence-electron chi connectivity index (χ3n) is 2.26. The van der Waals surface area contributed by atoms with Crippen molar-refractivity contribution in [2.75, 3.05) is 6.54 Å². The van der Waals surface area contributed by atoms with Crippen LogP contribution >= 0.6 is 0 Å². The van der Waals surface area contributed by atoms with Gasteiger partial charge >= 0.3 is 0 Å². The molecule has 12 heavy (non-hydrogen) atoms. The molecule has 1 amide bonds. The van der Waals surface area contributed by atoms with Crippen LogP contribution in [-0.4, -0.2) is 22.2 Å². The van der Waals surface area contributed by atoms with Gasteiger partial charge in [0.15, 0.2) is 0 Å². The molecule has 0 aromatic carbocycles. The van der Waals surface area contributed by atoms with Crippen molar-refractivity contribution in [3.05, 3.63) is 17.5 Å². The zero-order chi connectivity index (χ0) is 8.72. The normalized spacial score (nSPS) is 21.8. The van der Waals surface area contributed by atoms with E-state index in [9.17, 15) is 4.79 Å². The van der Waals surface area contributed by atoms with Crippen LogP contribution in [0.15, 0.2) is 6.20 Å². The van der Waals surface area contributed by atoms with E-state index in [0.29, 0.717) is 12.5 Å². The molecule has 1 unspecified atom stereocenters. The van der Waals surface area contributed by atoms with Crippen molar-refractivity contribution in [3.8, 4) is 0 Å². The molecule has 0 bridgehead atoms. The third-order valence-corrected chi connectivity index (χ3v) is 2.26. The van der Waals surface area contributed by atoms with E-state index in [4.69, 9.17) is 0 Å². The zero-order valence-corrected chi connectivity index (χ0v) is 7.16. The average Bonchev–Trinajstić information content (AvgIpc) is 2.42. The first-order valence-corrected chi connectivity index (χ1v) is 4.00. The number of amides is 1. The van der Waals surface area contributed by atoms with E-state index in [2.05, 4.69) is 17.3 Å². The van der Waals surface area contributed by atoms with Gasteiger partial charge in [-0.05, 0) is 0 Å². The number of aromatic nitrogens is 2. The van der Waals surface area contributed by atoms with Crippen molar-refractivity contribution in [2.24, 2.45) is 7.05 Å². The van der Waals surface area contributed by atoms with Crippen LogP contribution in [0, 0.1) is 0 Å². The summed E-state index contributed by atoms with van der Waals surface area (Å²) in [5, 5.41) is 6.86. The predicted molar refractivity (Wildman–Crippen MR) is 44.0 cm³/mol. The highest BCUT2D eigenvalue weighted by Gasteiger charge is 2.25. The van der Waals surface area contributed by atoms with Gasteiger partial charge in [0.05, 0.1) is 17.5 Å². The Kier molecular flexibility index (Phi) is 1.43. The summed E-state index contributed by atoms with van der Waals surface area (Å²) in [7, 11) is 1.87. The molecule has 1 N–H and O–H groups in total. The van der Waals surface area contributed by atoms with Crippen LogP contribution < -0.4 is 5.32 Å². The SMILES string of the molecule is CC1CNC(=O)c2cnn(C)c21. The summed E-state index contributed by atoms with van der Waals surface area (Å²) in [4.78, 5) is 11.3. The van der Waals surface area contributed by atoms with Crippen LogP contribution in [0.3, 0.4) is 0 Å². The minimum atomic E-state index is -0.00352. The van der Waals surface area contributed by atoms with E-state index in [-0.39, 0.29) is 5.91 Å². The summed E-state index contributed by atoms with van der Waals surface area (Å²) in [6, 6.07) is 0. The Hall–Kier alpha value is -1.32. The molecule has 2 rings (SSSR count). The highest BCUT2D eigenvalue weighted by molar-refractivity contribution is 5.96. The number of nitrogens with one attached hydrogen (secondary N) is 1. The monoisotopic (exact) mass is 165 g/mol. The Labute approximate surface area is 70.6 Å². The minimum Gasteiger partial charge on any atom is -0.351 e. The third kappa shape index (κ3) is 0.841. The molecule has 0 saturated heterocycles. The van der Waals surface area contributed by atoms with Gasteiger partial charge in [-0.2, -0.15) is 5.10 Å². The van der Waals surface area contributed by atoms with Crippen molar-refractivity contribution in [1.29, 1.82) is 0 Å². The van der Waals surface area contributed by atoms with Crippen molar-refractivity contribution in [3.63, 3.8) is 0 Å². The predicted octanol–water partition coefficient (Wildman–Crippen LogP) is 0.267. The number of aryl methyl sites for hydroxylation is 1. The Morgan fingerprint density at radius 3 is 3.17 bits per heavy atom. The lowest BCUT2D eigenvalue weighted by Crippen LogP contribution is -2.34. The van der Waals surface area contributed by atoms with Gasteiger partial charge in [0.25, 0.3) is 5.91 Å². The number of rotatable bonds is 0. The van der Waals surface area contributed by atoms with Crippen LogP contribution in [0.5, 0.6) is 0 Å². The molecule has 1 aliphatic rings. The molecule has 0 fully saturated rings. The molecule has 0 radical (unpaired) electrons.